The zero-order chi connectivity index (χ0) is 18.8. The highest BCUT2D eigenvalue weighted by Gasteiger charge is 2.18. The molecule has 4 nitrogen and oxygen atoms in total. The Morgan fingerprint density at radius 3 is 2.54 bits per heavy atom. The lowest BCUT2D eigenvalue weighted by molar-refractivity contribution is 0.102. The monoisotopic (exact) mass is 379 g/mol. The molecule has 0 fully saturated rings. The van der Waals surface area contributed by atoms with Crippen LogP contribution >= 0.6 is 11.6 Å². The number of rotatable bonds is 4. The van der Waals surface area contributed by atoms with Gasteiger partial charge in [0.1, 0.15) is 5.82 Å². The van der Waals surface area contributed by atoms with E-state index in [0.29, 0.717) is 11.8 Å². The first kappa shape index (κ1) is 18.0. The Kier molecular flexibility index (Phi) is 4.99. The molecule has 0 bridgehead atoms. The van der Waals surface area contributed by atoms with E-state index in [-0.39, 0.29) is 28.3 Å². The summed E-state index contributed by atoms with van der Waals surface area (Å²) in [5, 5.41) is 6.72. The van der Waals surface area contributed by atoms with Crippen LogP contribution in [0.1, 0.15) is 16.1 Å². The molecule has 0 unspecified atom stereocenters. The summed E-state index contributed by atoms with van der Waals surface area (Å²) in [6.45, 7) is 0. The van der Waals surface area contributed by atoms with Crippen LogP contribution in [0.5, 0.6) is 0 Å². The van der Waals surface area contributed by atoms with Gasteiger partial charge in [0.25, 0.3) is 5.91 Å². The predicted octanol–water partition coefficient (Wildman–Crippen LogP) is 4.50. The van der Waals surface area contributed by atoms with Crippen LogP contribution in [-0.4, -0.2) is 15.7 Å². The molecule has 0 spiro atoms. The zero-order valence-electron chi connectivity index (χ0n) is 13.6. The Balaban J connectivity index is 2.00. The van der Waals surface area contributed by atoms with E-state index >= 15 is 0 Å². The number of nitrogens with zero attached hydrogens (tertiary/aromatic N) is 2. The third-order valence-electron chi connectivity index (χ3n) is 3.75. The van der Waals surface area contributed by atoms with Crippen molar-refractivity contribution >= 4 is 23.2 Å². The number of benzene rings is 2. The van der Waals surface area contributed by atoms with Gasteiger partial charge in [0, 0.05) is 36.1 Å². The van der Waals surface area contributed by atoms with Crippen molar-refractivity contribution in [1.29, 1.82) is 0 Å². The molecule has 1 heterocycles. The Morgan fingerprint density at radius 2 is 1.81 bits per heavy atom. The first-order chi connectivity index (χ1) is 12.4. The molecule has 134 valence electrons. The van der Waals surface area contributed by atoms with Crippen LogP contribution in [0.4, 0.5) is 18.9 Å². The van der Waals surface area contributed by atoms with Gasteiger partial charge in [-0.25, -0.2) is 13.2 Å². The number of aromatic nitrogens is 2. The van der Waals surface area contributed by atoms with Crippen molar-refractivity contribution < 1.29 is 18.0 Å². The van der Waals surface area contributed by atoms with Crippen LogP contribution < -0.4 is 5.32 Å². The van der Waals surface area contributed by atoms with E-state index in [1.54, 1.807) is 19.2 Å². The summed E-state index contributed by atoms with van der Waals surface area (Å²) in [6.07, 6.45) is 1.51. The predicted molar refractivity (Wildman–Crippen MR) is 92.5 cm³/mol. The minimum Gasteiger partial charge on any atom is -0.321 e. The number of carbonyl (C=O) groups is 1. The normalized spacial score (nSPS) is 10.8. The molecule has 26 heavy (non-hydrogen) atoms. The number of para-hydroxylation sites is 1. The molecule has 0 aliphatic carbocycles. The number of hydrogen-bond donors (Lipinski definition) is 1. The number of hydrogen-bond acceptors (Lipinski definition) is 2. The fourth-order valence-corrected chi connectivity index (χ4v) is 2.77. The molecule has 8 heteroatoms. The quantitative estimate of drug-likeness (QED) is 0.536. The molecular weight excluding hydrogens is 367 g/mol. The molecular formula is C18H13ClF3N3O. The van der Waals surface area contributed by atoms with Gasteiger partial charge in [-0.15, -0.1) is 11.6 Å². The smallest absolute Gasteiger partial charge is 0.259 e. The highest BCUT2D eigenvalue weighted by atomic mass is 35.5. The second-order valence-electron chi connectivity index (χ2n) is 5.54. The molecule has 1 aromatic heterocycles. The molecule has 0 saturated heterocycles. The molecule has 0 aliphatic heterocycles. The largest absolute Gasteiger partial charge is 0.321 e. The van der Waals surface area contributed by atoms with Gasteiger partial charge < -0.3 is 5.32 Å². The highest BCUT2D eigenvalue weighted by molar-refractivity contribution is 6.18. The van der Waals surface area contributed by atoms with Crippen molar-refractivity contribution in [2.45, 2.75) is 5.88 Å². The summed E-state index contributed by atoms with van der Waals surface area (Å²) in [4.78, 5) is 12.5. The summed E-state index contributed by atoms with van der Waals surface area (Å²) < 4.78 is 42.3. The van der Waals surface area contributed by atoms with Gasteiger partial charge in [-0.1, -0.05) is 18.2 Å². The van der Waals surface area contributed by atoms with Crippen LogP contribution in [0.2, 0.25) is 0 Å². The maximum absolute atomic E-state index is 14.1. The Morgan fingerprint density at radius 1 is 1.12 bits per heavy atom. The molecule has 3 rings (SSSR count). The maximum atomic E-state index is 14.1. The van der Waals surface area contributed by atoms with Gasteiger partial charge in [-0.3, -0.25) is 9.48 Å². The molecule has 1 N–H and O–H groups in total. The second kappa shape index (κ2) is 7.21. The fraction of sp³-hybridized carbons (Fsp3) is 0.111. The van der Waals surface area contributed by atoms with Gasteiger partial charge in [0.2, 0.25) is 0 Å². The minimum atomic E-state index is -1.28. The summed E-state index contributed by atoms with van der Waals surface area (Å²) in [6, 6.07) is 7.48. The third-order valence-corrected chi connectivity index (χ3v) is 4.01. The van der Waals surface area contributed by atoms with E-state index in [9.17, 15) is 18.0 Å². The zero-order valence-corrected chi connectivity index (χ0v) is 14.3. The van der Waals surface area contributed by atoms with Crippen molar-refractivity contribution in [1.82, 2.24) is 9.78 Å². The van der Waals surface area contributed by atoms with Gasteiger partial charge in [0.15, 0.2) is 11.6 Å². The fourth-order valence-electron chi connectivity index (χ4n) is 2.57. The minimum absolute atomic E-state index is 0.0447. The van der Waals surface area contributed by atoms with Crippen molar-refractivity contribution in [3.63, 3.8) is 0 Å². The third kappa shape index (κ3) is 3.43. The van der Waals surface area contributed by atoms with Crippen molar-refractivity contribution in [2.75, 3.05) is 5.32 Å². The summed E-state index contributed by atoms with van der Waals surface area (Å²) >= 11 is 5.79. The van der Waals surface area contributed by atoms with Gasteiger partial charge in [-0.2, -0.15) is 5.10 Å². The summed E-state index contributed by atoms with van der Waals surface area (Å²) in [7, 11) is 1.65. The first-order valence-electron chi connectivity index (χ1n) is 7.54. The van der Waals surface area contributed by atoms with E-state index in [1.807, 2.05) is 0 Å². The molecule has 0 atom stereocenters. The van der Waals surface area contributed by atoms with Crippen molar-refractivity contribution in [3.05, 3.63) is 71.3 Å². The maximum Gasteiger partial charge on any atom is 0.259 e. The molecule has 0 radical (unpaired) electrons. The van der Waals surface area contributed by atoms with Crippen LogP contribution in [0.25, 0.3) is 11.1 Å². The number of nitrogens with one attached hydrogen (secondary N) is 1. The number of halogens is 4. The molecule has 0 aliphatic rings. The molecule has 0 saturated carbocycles. The molecule has 3 aromatic rings. The summed E-state index contributed by atoms with van der Waals surface area (Å²) in [5.74, 6) is -3.85. The van der Waals surface area contributed by atoms with E-state index in [0.717, 1.165) is 6.07 Å². The molecule has 2 aromatic carbocycles. The average Bonchev–Trinajstić information content (AvgIpc) is 3.00. The van der Waals surface area contributed by atoms with E-state index in [2.05, 4.69) is 10.4 Å². The topological polar surface area (TPSA) is 46.9 Å². The van der Waals surface area contributed by atoms with E-state index in [4.69, 9.17) is 11.6 Å². The van der Waals surface area contributed by atoms with Crippen LogP contribution in [0, 0.1) is 17.5 Å². The van der Waals surface area contributed by atoms with Gasteiger partial charge in [0.05, 0.1) is 17.1 Å². The lowest BCUT2D eigenvalue weighted by atomic mass is 10.0. The number of amides is 1. The lowest BCUT2D eigenvalue weighted by Gasteiger charge is -2.12. The van der Waals surface area contributed by atoms with Crippen LogP contribution in [-0.2, 0) is 12.9 Å². The Labute approximate surface area is 152 Å². The van der Waals surface area contributed by atoms with E-state index in [1.165, 1.54) is 23.0 Å². The second-order valence-corrected chi connectivity index (χ2v) is 5.81. The van der Waals surface area contributed by atoms with Crippen molar-refractivity contribution in [2.24, 2.45) is 7.05 Å². The number of carbonyl (C=O) groups excluding carboxylic acids is 1. The number of aryl methyl sites for hydroxylation is 1. The van der Waals surface area contributed by atoms with Crippen molar-refractivity contribution in [3.8, 4) is 11.1 Å². The number of anilines is 1. The first-order valence-corrected chi connectivity index (χ1v) is 8.08. The average molecular weight is 380 g/mol. The van der Waals surface area contributed by atoms with Gasteiger partial charge in [-0.05, 0) is 12.1 Å². The van der Waals surface area contributed by atoms with Gasteiger partial charge >= 0.3 is 0 Å². The van der Waals surface area contributed by atoms with Crippen LogP contribution in [0.15, 0.2) is 42.6 Å². The number of alkyl halides is 1. The Hall–Kier alpha value is -2.80. The molecule has 1 amide bonds. The van der Waals surface area contributed by atoms with Crippen LogP contribution in [0.3, 0.4) is 0 Å². The SMILES string of the molecule is Cn1cc(C(=O)Nc2ccccc2-c2cc(F)c(F)cc2F)c(CCl)n1. The standard InChI is InChI=1S/C18H13ClF3N3O/c1-25-9-12(17(8-19)24-25)18(26)23-16-5-3-2-4-10(16)11-6-14(21)15(22)7-13(11)20/h2-7,9H,8H2,1H3,(H,23,26). The highest BCUT2D eigenvalue weighted by Crippen LogP contribution is 2.31. The lowest BCUT2D eigenvalue weighted by Crippen LogP contribution is -2.13. The Bertz CT molecular complexity index is 988. The van der Waals surface area contributed by atoms with E-state index < -0.39 is 23.4 Å². The summed E-state index contributed by atoms with van der Waals surface area (Å²) in [5.41, 5.74) is 0.954.